The molecule has 0 bridgehead atoms. The SMILES string of the molecule is Cn1ccc(CC(=O)N2CCCCC[C@@H]2CC(=O)c2ccccc2)n1. The lowest BCUT2D eigenvalue weighted by Gasteiger charge is -2.29. The molecule has 0 aliphatic carbocycles. The van der Waals surface area contributed by atoms with Gasteiger partial charge < -0.3 is 4.90 Å². The second kappa shape index (κ2) is 8.10. The normalized spacial score (nSPS) is 18.0. The van der Waals surface area contributed by atoms with Crippen LogP contribution >= 0.6 is 0 Å². The monoisotopic (exact) mass is 339 g/mol. The van der Waals surface area contributed by atoms with E-state index in [9.17, 15) is 9.59 Å². The number of nitrogens with zero attached hydrogens (tertiary/aromatic N) is 3. The lowest BCUT2D eigenvalue weighted by Crippen LogP contribution is -2.42. The molecule has 25 heavy (non-hydrogen) atoms. The molecular formula is C20H25N3O2. The largest absolute Gasteiger partial charge is 0.339 e. The van der Waals surface area contributed by atoms with Crippen LogP contribution in [-0.2, 0) is 18.3 Å². The van der Waals surface area contributed by atoms with Crippen LogP contribution in [0, 0.1) is 0 Å². The molecule has 0 radical (unpaired) electrons. The van der Waals surface area contributed by atoms with Gasteiger partial charge in [-0.3, -0.25) is 14.3 Å². The molecular weight excluding hydrogens is 314 g/mol. The topological polar surface area (TPSA) is 55.2 Å². The van der Waals surface area contributed by atoms with Gasteiger partial charge in [-0.05, 0) is 18.9 Å². The molecule has 1 aliphatic heterocycles. The van der Waals surface area contributed by atoms with Crippen molar-refractivity contribution in [3.8, 4) is 0 Å². The van der Waals surface area contributed by atoms with Crippen LogP contribution in [0.5, 0.6) is 0 Å². The maximum atomic E-state index is 12.8. The van der Waals surface area contributed by atoms with Crippen molar-refractivity contribution in [3.63, 3.8) is 0 Å². The molecule has 5 heteroatoms. The van der Waals surface area contributed by atoms with Crippen molar-refractivity contribution in [2.45, 2.75) is 44.6 Å². The van der Waals surface area contributed by atoms with Gasteiger partial charge in [-0.25, -0.2) is 0 Å². The number of benzene rings is 1. The number of carbonyl (C=O) groups excluding carboxylic acids is 2. The Hall–Kier alpha value is -2.43. The van der Waals surface area contributed by atoms with Gasteiger partial charge in [0.2, 0.25) is 5.91 Å². The van der Waals surface area contributed by atoms with E-state index in [1.807, 2.05) is 54.5 Å². The second-order valence-electron chi connectivity index (χ2n) is 6.74. The Morgan fingerprint density at radius 3 is 2.64 bits per heavy atom. The summed E-state index contributed by atoms with van der Waals surface area (Å²) in [7, 11) is 1.85. The molecule has 132 valence electrons. The fourth-order valence-electron chi connectivity index (χ4n) is 3.49. The molecule has 1 aromatic carbocycles. The van der Waals surface area contributed by atoms with Crippen LogP contribution in [0.15, 0.2) is 42.6 Å². The first kappa shape index (κ1) is 17.4. The van der Waals surface area contributed by atoms with Gasteiger partial charge in [0.1, 0.15) is 0 Å². The summed E-state index contributed by atoms with van der Waals surface area (Å²) in [5.74, 6) is 0.189. The average Bonchev–Trinajstić information content (AvgIpc) is 2.88. The zero-order valence-electron chi connectivity index (χ0n) is 14.7. The highest BCUT2D eigenvalue weighted by Gasteiger charge is 2.28. The maximum Gasteiger partial charge on any atom is 0.228 e. The van der Waals surface area contributed by atoms with Gasteiger partial charge in [-0.1, -0.05) is 43.2 Å². The van der Waals surface area contributed by atoms with Crippen LogP contribution in [0.4, 0.5) is 0 Å². The van der Waals surface area contributed by atoms with Gasteiger partial charge in [0.05, 0.1) is 12.1 Å². The number of amides is 1. The summed E-state index contributed by atoms with van der Waals surface area (Å²) in [6.07, 6.45) is 6.64. The summed E-state index contributed by atoms with van der Waals surface area (Å²) < 4.78 is 1.71. The Labute approximate surface area is 148 Å². The van der Waals surface area contributed by atoms with Gasteiger partial charge in [-0.15, -0.1) is 0 Å². The standard InChI is InChI=1S/C20H25N3O2/c1-22-13-11-17(21-22)14-20(25)23-12-7-3-6-10-18(23)15-19(24)16-8-4-2-5-9-16/h2,4-5,8-9,11,13,18H,3,6-7,10,12,14-15H2,1H3/t18-/m1/s1. The van der Waals surface area contributed by atoms with Crippen molar-refractivity contribution >= 4 is 11.7 Å². The van der Waals surface area contributed by atoms with E-state index in [0.717, 1.165) is 43.5 Å². The zero-order valence-corrected chi connectivity index (χ0v) is 14.7. The molecule has 0 unspecified atom stereocenters. The highest BCUT2D eigenvalue weighted by molar-refractivity contribution is 5.96. The van der Waals surface area contributed by atoms with E-state index in [0.29, 0.717) is 12.8 Å². The van der Waals surface area contributed by atoms with Crippen molar-refractivity contribution < 1.29 is 9.59 Å². The number of Topliss-reactive ketones (excluding diaryl/α,β-unsaturated/α-hetero) is 1. The number of likely N-dealkylation sites (tertiary alicyclic amines) is 1. The minimum Gasteiger partial charge on any atom is -0.339 e. The van der Waals surface area contributed by atoms with Crippen molar-refractivity contribution in [2.24, 2.45) is 7.05 Å². The predicted octanol–water partition coefficient (Wildman–Crippen LogP) is 3.01. The minimum atomic E-state index is -0.00795. The molecule has 3 rings (SSSR count). The molecule has 1 atom stereocenters. The van der Waals surface area contributed by atoms with Crippen LogP contribution in [0.25, 0.3) is 0 Å². The number of rotatable bonds is 5. The number of aryl methyl sites for hydroxylation is 1. The first-order valence-electron chi connectivity index (χ1n) is 9.00. The second-order valence-corrected chi connectivity index (χ2v) is 6.74. The molecule has 5 nitrogen and oxygen atoms in total. The summed E-state index contributed by atoms with van der Waals surface area (Å²) in [4.78, 5) is 27.3. The van der Waals surface area contributed by atoms with Gasteiger partial charge in [0.25, 0.3) is 0 Å². The Bertz CT molecular complexity index is 724. The van der Waals surface area contributed by atoms with Crippen LogP contribution < -0.4 is 0 Å². The van der Waals surface area contributed by atoms with E-state index in [-0.39, 0.29) is 17.7 Å². The number of carbonyl (C=O) groups is 2. The van der Waals surface area contributed by atoms with E-state index in [1.54, 1.807) is 4.68 Å². The highest BCUT2D eigenvalue weighted by atomic mass is 16.2. The molecule has 1 aromatic heterocycles. The minimum absolute atomic E-state index is 0.00795. The Kier molecular flexibility index (Phi) is 5.64. The third-order valence-corrected chi connectivity index (χ3v) is 4.82. The summed E-state index contributed by atoms with van der Waals surface area (Å²) >= 11 is 0. The molecule has 0 N–H and O–H groups in total. The number of hydrogen-bond acceptors (Lipinski definition) is 3. The molecule has 0 saturated carbocycles. The molecule has 2 heterocycles. The van der Waals surface area contributed by atoms with E-state index >= 15 is 0 Å². The van der Waals surface area contributed by atoms with E-state index < -0.39 is 0 Å². The molecule has 2 aromatic rings. The number of aromatic nitrogens is 2. The first-order valence-corrected chi connectivity index (χ1v) is 9.00. The van der Waals surface area contributed by atoms with Crippen LogP contribution in [0.3, 0.4) is 0 Å². The van der Waals surface area contributed by atoms with Crippen molar-refractivity contribution in [1.29, 1.82) is 0 Å². The quantitative estimate of drug-likeness (QED) is 0.787. The molecule has 1 fully saturated rings. The fourth-order valence-corrected chi connectivity index (χ4v) is 3.49. The van der Waals surface area contributed by atoms with Crippen LogP contribution in [0.2, 0.25) is 0 Å². The lowest BCUT2D eigenvalue weighted by atomic mass is 9.99. The van der Waals surface area contributed by atoms with Crippen LogP contribution in [0.1, 0.15) is 48.2 Å². The van der Waals surface area contributed by atoms with Crippen molar-refractivity contribution in [3.05, 3.63) is 53.9 Å². The molecule has 1 saturated heterocycles. The molecule has 1 amide bonds. The van der Waals surface area contributed by atoms with E-state index in [2.05, 4.69) is 5.10 Å². The van der Waals surface area contributed by atoms with Gasteiger partial charge in [-0.2, -0.15) is 5.10 Å². The highest BCUT2D eigenvalue weighted by Crippen LogP contribution is 2.22. The molecule has 1 aliphatic rings. The van der Waals surface area contributed by atoms with Crippen molar-refractivity contribution in [2.75, 3.05) is 6.54 Å². The van der Waals surface area contributed by atoms with Gasteiger partial charge >= 0.3 is 0 Å². The summed E-state index contributed by atoms with van der Waals surface area (Å²) in [6.45, 7) is 0.735. The van der Waals surface area contributed by atoms with Gasteiger partial charge in [0, 0.05) is 37.8 Å². The first-order chi connectivity index (χ1) is 12.1. The number of hydrogen-bond donors (Lipinski definition) is 0. The predicted molar refractivity (Wildman–Crippen MR) is 96.3 cm³/mol. The van der Waals surface area contributed by atoms with E-state index in [4.69, 9.17) is 0 Å². The maximum absolute atomic E-state index is 12.8. The Balaban J connectivity index is 1.70. The summed E-state index contributed by atoms with van der Waals surface area (Å²) in [5, 5.41) is 4.30. The summed E-state index contributed by atoms with van der Waals surface area (Å²) in [5.41, 5.74) is 1.51. The third kappa shape index (κ3) is 4.56. The fraction of sp³-hybridized carbons (Fsp3) is 0.450. The zero-order chi connectivity index (χ0) is 17.6. The van der Waals surface area contributed by atoms with Crippen LogP contribution in [-0.4, -0.2) is 39.0 Å². The van der Waals surface area contributed by atoms with Gasteiger partial charge in [0.15, 0.2) is 5.78 Å². The Morgan fingerprint density at radius 1 is 1.12 bits per heavy atom. The smallest absolute Gasteiger partial charge is 0.228 e. The average molecular weight is 339 g/mol. The number of ketones is 1. The van der Waals surface area contributed by atoms with Crippen molar-refractivity contribution in [1.82, 2.24) is 14.7 Å². The summed E-state index contributed by atoms with van der Waals surface area (Å²) in [6, 6.07) is 11.2. The Morgan fingerprint density at radius 2 is 1.92 bits per heavy atom. The molecule has 0 spiro atoms. The van der Waals surface area contributed by atoms with E-state index in [1.165, 1.54) is 0 Å². The third-order valence-electron chi connectivity index (χ3n) is 4.82. The lowest BCUT2D eigenvalue weighted by molar-refractivity contribution is -0.132.